The highest BCUT2D eigenvalue weighted by Gasteiger charge is 2.31. The summed E-state index contributed by atoms with van der Waals surface area (Å²) in [6, 6.07) is 10.8. The average molecular weight is 478 g/mol. The average Bonchev–Trinajstić information content (AvgIpc) is 3.10. The molecule has 7 nitrogen and oxygen atoms in total. The van der Waals surface area contributed by atoms with E-state index in [1.807, 2.05) is 23.1 Å². The fourth-order valence-electron chi connectivity index (χ4n) is 3.69. The van der Waals surface area contributed by atoms with Crippen LogP contribution in [0.4, 0.5) is 23.7 Å². The zero-order valence-corrected chi connectivity index (χ0v) is 18.8. The zero-order chi connectivity index (χ0) is 23.8. The fraction of sp³-hybridized carbons (Fsp3) is 0.318. The van der Waals surface area contributed by atoms with Gasteiger partial charge in [-0.25, -0.2) is 4.98 Å². The van der Waals surface area contributed by atoms with Gasteiger partial charge < -0.3 is 19.7 Å². The summed E-state index contributed by atoms with van der Waals surface area (Å²) >= 11 is 1.17. The Morgan fingerprint density at radius 2 is 2.00 bits per heavy atom. The Balaban J connectivity index is 1.59. The second-order valence-electron chi connectivity index (χ2n) is 7.71. The number of imidazole rings is 1. The van der Waals surface area contributed by atoms with Crippen molar-refractivity contribution in [2.75, 3.05) is 30.5 Å². The molecule has 0 spiro atoms. The molecule has 0 saturated carbocycles. The van der Waals surface area contributed by atoms with Crippen molar-refractivity contribution < 1.29 is 22.8 Å². The number of anilines is 1. The number of hydrogen-bond donors (Lipinski definition) is 1. The van der Waals surface area contributed by atoms with Crippen molar-refractivity contribution in [3.63, 3.8) is 0 Å². The Morgan fingerprint density at radius 3 is 2.73 bits per heavy atom. The van der Waals surface area contributed by atoms with Gasteiger partial charge in [0.1, 0.15) is 5.82 Å². The van der Waals surface area contributed by atoms with E-state index in [2.05, 4.69) is 10.3 Å². The molecule has 1 saturated heterocycles. The molecule has 0 radical (unpaired) electrons. The van der Waals surface area contributed by atoms with Gasteiger partial charge in [-0.1, -0.05) is 12.1 Å². The van der Waals surface area contributed by atoms with Gasteiger partial charge in [0, 0.05) is 38.3 Å². The third kappa shape index (κ3) is 4.92. The number of amides is 2. The summed E-state index contributed by atoms with van der Waals surface area (Å²) in [5.41, 5.74) is 1.94. The highest BCUT2D eigenvalue weighted by atomic mass is 32.2. The molecule has 33 heavy (non-hydrogen) atoms. The van der Waals surface area contributed by atoms with Crippen molar-refractivity contribution in [2.24, 2.45) is 7.05 Å². The molecule has 1 fully saturated rings. The number of fused-ring (bicyclic) bond motifs is 1. The van der Waals surface area contributed by atoms with E-state index in [0.717, 1.165) is 23.3 Å². The Morgan fingerprint density at radius 1 is 1.21 bits per heavy atom. The Bertz CT molecular complexity index is 1210. The van der Waals surface area contributed by atoms with Crippen LogP contribution in [0.15, 0.2) is 42.5 Å². The van der Waals surface area contributed by atoms with E-state index < -0.39 is 11.7 Å². The molecule has 0 atom stereocenters. The quantitative estimate of drug-likeness (QED) is 0.594. The minimum absolute atomic E-state index is 0.0534. The Kier molecular flexibility index (Phi) is 6.24. The summed E-state index contributed by atoms with van der Waals surface area (Å²) < 4.78 is 41.2. The van der Waals surface area contributed by atoms with Crippen LogP contribution in [-0.4, -0.2) is 51.2 Å². The first-order chi connectivity index (χ1) is 15.6. The molecular formula is C22H22F3N5O2S. The topological polar surface area (TPSA) is 70.5 Å². The lowest BCUT2D eigenvalue weighted by Crippen LogP contribution is -2.47. The summed E-state index contributed by atoms with van der Waals surface area (Å²) in [7, 11) is 1.77. The van der Waals surface area contributed by atoms with E-state index in [4.69, 9.17) is 0 Å². The maximum absolute atomic E-state index is 13.1. The third-order valence-corrected chi connectivity index (χ3v) is 6.32. The second-order valence-corrected chi connectivity index (χ2v) is 8.61. The molecule has 0 unspecified atom stereocenters. The van der Waals surface area contributed by atoms with Gasteiger partial charge in [0.05, 0.1) is 29.1 Å². The molecule has 1 aliphatic heterocycles. The van der Waals surface area contributed by atoms with Gasteiger partial charge in [-0.15, -0.1) is 0 Å². The molecule has 0 bridgehead atoms. The second kappa shape index (κ2) is 8.97. The molecular weight excluding hydrogens is 455 g/mol. The predicted octanol–water partition coefficient (Wildman–Crippen LogP) is 4.29. The number of benzene rings is 2. The highest BCUT2D eigenvalue weighted by Crippen LogP contribution is 2.34. The molecule has 0 aliphatic carbocycles. The van der Waals surface area contributed by atoms with Gasteiger partial charge in [0.2, 0.25) is 5.91 Å². The molecule has 2 aromatic carbocycles. The van der Waals surface area contributed by atoms with Crippen molar-refractivity contribution in [3.8, 4) is 11.4 Å². The molecule has 11 heteroatoms. The van der Waals surface area contributed by atoms with Gasteiger partial charge >= 0.3 is 6.18 Å². The van der Waals surface area contributed by atoms with E-state index in [1.165, 1.54) is 24.8 Å². The molecule has 2 heterocycles. The van der Waals surface area contributed by atoms with Crippen LogP contribution < -0.4 is 10.2 Å². The summed E-state index contributed by atoms with van der Waals surface area (Å²) in [6.07, 6.45) is -4.43. The largest absolute Gasteiger partial charge is 0.416 e. The number of halogens is 3. The molecule has 2 amide bonds. The van der Waals surface area contributed by atoms with Gasteiger partial charge in [-0.3, -0.25) is 9.59 Å². The fourth-order valence-corrected chi connectivity index (χ4v) is 4.52. The third-order valence-electron chi connectivity index (χ3n) is 5.38. The van der Waals surface area contributed by atoms with Gasteiger partial charge in [-0.2, -0.15) is 13.2 Å². The van der Waals surface area contributed by atoms with Crippen molar-refractivity contribution in [1.29, 1.82) is 0 Å². The number of carbonyl (C=O) groups excluding carboxylic acids is 2. The smallest absolute Gasteiger partial charge is 0.355 e. The molecule has 3 aromatic rings. The molecule has 1 N–H and O–H groups in total. The minimum atomic E-state index is -4.43. The minimum Gasteiger partial charge on any atom is -0.355 e. The van der Waals surface area contributed by atoms with Crippen molar-refractivity contribution in [3.05, 3.63) is 48.0 Å². The van der Waals surface area contributed by atoms with E-state index >= 15 is 0 Å². The summed E-state index contributed by atoms with van der Waals surface area (Å²) in [5.74, 6) is 0.753. The number of alkyl halides is 3. The first kappa shape index (κ1) is 23.0. The SMILES string of the molecule is CC(=O)NCCN1CN(c2ccc3c(c2)nc(-c2cccc(C(F)(F)F)c2)n3C)CSC1=O. The van der Waals surface area contributed by atoms with Crippen LogP contribution >= 0.6 is 11.8 Å². The normalized spacial score (nSPS) is 14.8. The van der Waals surface area contributed by atoms with Crippen molar-refractivity contribution in [1.82, 2.24) is 19.8 Å². The van der Waals surface area contributed by atoms with Crippen LogP contribution in [-0.2, 0) is 18.0 Å². The molecule has 4 rings (SSSR count). The lowest BCUT2D eigenvalue weighted by Gasteiger charge is -2.36. The first-order valence-electron chi connectivity index (χ1n) is 10.2. The van der Waals surface area contributed by atoms with Crippen LogP contribution in [0.1, 0.15) is 12.5 Å². The van der Waals surface area contributed by atoms with E-state index in [0.29, 0.717) is 42.5 Å². The predicted molar refractivity (Wildman–Crippen MR) is 122 cm³/mol. The number of hydrogen-bond acceptors (Lipinski definition) is 5. The number of aromatic nitrogens is 2. The first-order valence-corrected chi connectivity index (χ1v) is 11.2. The van der Waals surface area contributed by atoms with E-state index in [1.54, 1.807) is 22.6 Å². The standard InChI is InChI=1S/C22H22F3N5O2S/c1-14(31)26-8-9-29-12-30(13-33-21(29)32)17-6-7-19-18(11-17)27-20(28(19)2)15-4-3-5-16(10-15)22(23,24)25/h3-7,10-11H,8-9,12-13H2,1-2H3,(H,26,31). The number of rotatable bonds is 5. The van der Waals surface area contributed by atoms with Gasteiger partial charge in [-0.05, 0) is 42.1 Å². The molecule has 1 aliphatic rings. The zero-order valence-electron chi connectivity index (χ0n) is 18.0. The van der Waals surface area contributed by atoms with Crippen LogP contribution in [0.3, 0.4) is 0 Å². The number of carbonyl (C=O) groups is 2. The van der Waals surface area contributed by atoms with Crippen molar-refractivity contribution >= 4 is 39.6 Å². The highest BCUT2D eigenvalue weighted by molar-refractivity contribution is 8.13. The lowest BCUT2D eigenvalue weighted by atomic mass is 10.1. The monoisotopic (exact) mass is 477 g/mol. The Labute approximate surface area is 192 Å². The number of thioether (sulfide) groups is 1. The summed E-state index contributed by atoms with van der Waals surface area (Å²) in [5, 5.41) is 2.63. The van der Waals surface area contributed by atoms with Crippen LogP contribution in [0.25, 0.3) is 22.4 Å². The van der Waals surface area contributed by atoms with E-state index in [9.17, 15) is 22.8 Å². The molecule has 174 valence electrons. The van der Waals surface area contributed by atoms with Gasteiger partial charge in [0.25, 0.3) is 5.24 Å². The maximum atomic E-state index is 13.1. The number of aryl methyl sites for hydroxylation is 1. The maximum Gasteiger partial charge on any atom is 0.416 e. The van der Waals surface area contributed by atoms with Crippen LogP contribution in [0.5, 0.6) is 0 Å². The van der Waals surface area contributed by atoms with Crippen molar-refractivity contribution in [2.45, 2.75) is 13.1 Å². The van der Waals surface area contributed by atoms with Crippen LogP contribution in [0.2, 0.25) is 0 Å². The van der Waals surface area contributed by atoms with Gasteiger partial charge in [0.15, 0.2) is 0 Å². The number of nitrogens with zero attached hydrogens (tertiary/aromatic N) is 4. The summed E-state index contributed by atoms with van der Waals surface area (Å²) in [4.78, 5) is 31.6. The summed E-state index contributed by atoms with van der Waals surface area (Å²) in [6.45, 7) is 2.56. The van der Waals surface area contributed by atoms with E-state index in [-0.39, 0.29) is 11.1 Å². The number of nitrogens with one attached hydrogen (secondary N) is 1. The molecule has 1 aromatic heterocycles. The Hall–Kier alpha value is -3.21. The lowest BCUT2D eigenvalue weighted by molar-refractivity contribution is -0.137. The van der Waals surface area contributed by atoms with Crippen LogP contribution in [0, 0.1) is 0 Å².